The van der Waals surface area contributed by atoms with Crippen LogP contribution >= 0.6 is 0 Å². The summed E-state index contributed by atoms with van der Waals surface area (Å²) in [5, 5.41) is 16.4. The van der Waals surface area contributed by atoms with E-state index in [1.165, 1.54) is 10.8 Å². The maximum absolute atomic E-state index is 12.1. The minimum Gasteiger partial charge on any atom is -0.494 e. The quantitative estimate of drug-likeness (QED) is 0.785. The lowest BCUT2D eigenvalue weighted by Crippen LogP contribution is -2.36. The molecule has 126 valence electrons. The van der Waals surface area contributed by atoms with Crippen molar-refractivity contribution < 1.29 is 9.84 Å². The summed E-state index contributed by atoms with van der Waals surface area (Å²) in [5.41, 5.74) is -1.14. The van der Waals surface area contributed by atoms with E-state index in [0.29, 0.717) is 26.3 Å². The van der Waals surface area contributed by atoms with Gasteiger partial charge < -0.3 is 9.84 Å². The molecule has 2 aliphatic rings. The number of aromatic hydroxyl groups is 1. The van der Waals surface area contributed by atoms with Gasteiger partial charge in [0.2, 0.25) is 5.88 Å². The van der Waals surface area contributed by atoms with Gasteiger partial charge in [-0.2, -0.15) is 5.10 Å². The molecule has 2 N–H and O–H groups in total. The number of hydrazone groups is 1. The molecule has 2 fully saturated rings. The Morgan fingerprint density at radius 1 is 1.17 bits per heavy atom. The summed E-state index contributed by atoms with van der Waals surface area (Å²) in [6.07, 6.45) is 6.18. The summed E-state index contributed by atoms with van der Waals surface area (Å²) >= 11 is 0. The monoisotopic (exact) mass is 322 g/mol. The molecule has 0 spiro atoms. The number of hydrogen-bond donors (Lipinski definition) is 2. The van der Waals surface area contributed by atoms with Gasteiger partial charge in [0.25, 0.3) is 5.56 Å². The average molecular weight is 322 g/mol. The molecule has 2 heterocycles. The van der Waals surface area contributed by atoms with E-state index in [1.807, 2.05) is 0 Å². The fourth-order valence-electron chi connectivity index (χ4n) is 3.16. The van der Waals surface area contributed by atoms with Crippen LogP contribution in [0.4, 0.5) is 0 Å². The first-order chi connectivity index (χ1) is 11.2. The SMILES string of the molecule is O=c1[nH]c(=O)n(C2CCCCC2)c(O)c1/C=N/N1CCOCC1. The van der Waals surface area contributed by atoms with Crippen molar-refractivity contribution in [2.75, 3.05) is 26.3 Å². The summed E-state index contributed by atoms with van der Waals surface area (Å²) in [4.78, 5) is 26.4. The van der Waals surface area contributed by atoms with Crippen LogP contribution in [0.1, 0.15) is 43.7 Å². The Morgan fingerprint density at radius 3 is 2.57 bits per heavy atom. The maximum atomic E-state index is 12.1. The topological polar surface area (TPSA) is 99.9 Å². The molecule has 0 radical (unpaired) electrons. The van der Waals surface area contributed by atoms with E-state index >= 15 is 0 Å². The Balaban J connectivity index is 1.91. The average Bonchev–Trinajstić information content (AvgIpc) is 2.56. The van der Waals surface area contributed by atoms with Gasteiger partial charge in [-0.25, -0.2) is 4.79 Å². The fourth-order valence-corrected chi connectivity index (χ4v) is 3.16. The predicted octanol–water partition coefficient (Wildman–Crippen LogP) is 0.413. The predicted molar refractivity (Wildman–Crippen MR) is 85.1 cm³/mol. The summed E-state index contributed by atoms with van der Waals surface area (Å²) in [7, 11) is 0. The van der Waals surface area contributed by atoms with E-state index in [4.69, 9.17) is 4.74 Å². The van der Waals surface area contributed by atoms with Crippen molar-refractivity contribution in [2.24, 2.45) is 5.10 Å². The van der Waals surface area contributed by atoms with Gasteiger partial charge in [-0.05, 0) is 12.8 Å². The Morgan fingerprint density at radius 2 is 1.87 bits per heavy atom. The molecule has 0 aromatic carbocycles. The van der Waals surface area contributed by atoms with Crippen molar-refractivity contribution in [3.8, 4) is 5.88 Å². The van der Waals surface area contributed by atoms with Crippen LogP contribution in [0.2, 0.25) is 0 Å². The molecule has 0 atom stereocenters. The zero-order valence-corrected chi connectivity index (χ0v) is 13.0. The molecular weight excluding hydrogens is 300 g/mol. The minimum absolute atomic E-state index is 0.0293. The van der Waals surface area contributed by atoms with Gasteiger partial charge in [0.15, 0.2) is 0 Å². The minimum atomic E-state index is -0.614. The van der Waals surface area contributed by atoms with Crippen LogP contribution in [0, 0.1) is 0 Å². The van der Waals surface area contributed by atoms with Crippen LogP contribution in [0.3, 0.4) is 0 Å². The van der Waals surface area contributed by atoms with E-state index < -0.39 is 11.2 Å². The van der Waals surface area contributed by atoms with Crippen LogP contribution in [0.25, 0.3) is 0 Å². The van der Waals surface area contributed by atoms with Gasteiger partial charge >= 0.3 is 5.69 Å². The number of aromatic amines is 1. The Hall–Kier alpha value is -2.09. The number of morpholine rings is 1. The molecule has 23 heavy (non-hydrogen) atoms. The number of nitrogens with zero attached hydrogens (tertiary/aromatic N) is 3. The number of nitrogens with one attached hydrogen (secondary N) is 1. The third kappa shape index (κ3) is 3.47. The van der Waals surface area contributed by atoms with E-state index in [-0.39, 0.29) is 17.5 Å². The van der Waals surface area contributed by atoms with E-state index in [9.17, 15) is 14.7 Å². The number of rotatable bonds is 3. The lowest BCUT2D eigenvalue weighted by Gasteiger charge is -2.25. The van der Waals surface area contributed by atoms with Crippen LogP contribution in [-0.4, -0.2) is 52.2 Å². The fraction of sp³-hybridized carbons (Fsp3) is 0.667. The van der Waals surface area contributed by atoms with Crippen LogP contribution in [0.15, 0.2) is 14.7 Å². The molecule has 1 aliphatic heterocycles. The number of hydrogen-bond acceptors (Lipinski definition) is 6. The third-order valence-electron chi connectivity index (χ3n) is 4.43. The first-order valence-electron chi connectivity index (χ1n) is 8.11. The molecular formula is C15H22N4O4. The van der Waals surface area contributed by atoms with Crippen molar-refractivity contribution in [3.05, 3.63) is 26.4 Å². The lowest BCUT2D eigenvalue weighted by atomic mass is 9.95. The van der Waals surface area contributed by atoms with Crippen LogP contribution in [0.5, 0.6) is 5.88 Å². The Labute approximate surface area is 133 Å². The van der Waals surface area contributed by atoms with Crippen LogP contribution in [-0.2, 0) is 4.74 Å². The summed E-state index contributed by atoms with van der Waals surface area (Å²) in [6, 6.07) is -0.0661. The second-order valence-electron chi connectivity index (χ2n) is 5.97. The van der Waals surface area contributed by atoms with Gasteiger partial charge in [0.05, 0.1) is 32.5 Å². The number of ether oxygens (including phenoxy) is 1. The molecule has 1 aliphatic carbocycles. The van der Waals surface area contributed by atoms with Gasteiger partial charge in [-0.15, -0.1) is 0 Å². The molecule has 1 saturated carbocycles. The summed E-state index contributed by atoms with van der Waals surface area (Å²) in [6.45, 7) is 2.44. The highest BCUT2D eigenvalue weighted by molar-refractivity contribution is 5.81. The summed E-state index contributed by atoms with van der Waals surface area (Å²) in [5.74, 6) is -0.289. The molecule has 3 rings (SSSR count). The van der Waals surface area contributed by atoms with Crippen LogP contribution < -0.4 is 11.2 Å². The zero-order valence-electron chi connectivity index (χ0n) is 13.0. The number of H-pyrrole nitrogens is 1. The normalized spacial score (nSPS) is 20.3. The highest BCUT2D eigenvalue weighted by Gasteiger charge is 2.22. The van der Waals surface area contributed by atoms with Gasteiger partial charge in [0.1, 0.15) is 5.56 Å². The Bertz CT molecular complexity index is 682. The van der Waals surface area contributed by atoms with Crippen molar-refractivity contribution >= 4 is 6.21 Å². The second kappa shape index (κ2) is 6.99. The molecule has 8 heteroatoms. The first-order valence-corrected chi connectivity index (χ1v) is 8.11. The third-order valence-corrected chi connectivity index (χ3v) is 4.43. The van der Waals surface area contributed by atoms with E-state index in [0.717, 1.165) is 32.1 Å². The lowest BCUT2D eigenvalue weighted by molar-refractivity contribution is 0.0396. The standard InChI is InChI=1S/C15H22N4O4/c20-13-12(10-16-18-6-8-23-9-7-18)14(21)19(15(22)17-13)11-4-2-1-3-5-11/h10-11,21H,1-9H2,(H,17,20,22)/b16-10+. The summed E-state index contributed by atoms with van der Waals surface area (Å²) < 4.78 is 6.54. The van der Waals surface area contributed by atoms with Crippen molar-refractivity contribution in [2.45, 2.75) is 38.1 Å². The van der Waals surface area contributed by atoms with Crippen molar-refractivity contribution in [1.29, 1.82) is 0 Å². The molecule has 1 saturated heterocycles. The number of aromatic nitrogens is 2. The largest absolute Gasteiger partial charge is 0.494 e. The van der Waals surface area contributed by atoms with Crippen molar-refractivity contribution in [1.82, 2.24) is 14.6 Å². The second-order valence-corrected chi connectivity index (χ2v) is 5.97. The first kappa shape index (κ1) is 15.8. The van der Waals surface area contributed by atoms with Crippen molar-refractivity contribution in [3.63, 3.8) is 0 Å². The molecule has 0 bridgehead atoms. The Kier molecular flexibility index (Phi) is 4.80. The van der Waals surface area contributed by atoms with Gasteiger partial charge in [0, 0.05) is 6.04 Å². The highest BCUT2D eigenvalue weighted by Crippen LogP contribution is 2.29. The molecule has 1 aromatic rings. The molecule has 8 nitrogen and oxygen atoms in total. The van der Waals surface area contributed by atoms with E-state index in [1.54, 1.807) is 5.01 Å². The van der Waals surface area contributed by atoms with Gasteiger partial charge in [-0.1, -0.05) is 19.3 Å². The van der Waals surface area contributed by atoms with Gasteiger partial charge in [-0.3, -0.25) is 19.4 Å². The van der Waals surface area contributed by atoms with E-state index in [2.05, 4.69) is 10.1 Å². The zero-order chi connectivity index (χ0) is 16.2. The molecule has 1 aromatic heterocycles. The molecule has 0 amide bonds. The smallest absolute Gasteiger partial charge is 0.331 e. The molecule has 0 unspecified atom stereocenters. The highest BCUT2D eigenvalue weighted by atomic mass is 16.5. The maximum Gasteiger partial charge on any atom is 0.331 e.